The first-order valence-corrected chi connectivity index (χ1v) is 10.3. The van der Waals surface area contributed by atoms with E-state index in [-0.39, 0.29) is 24.8 Å². The van der Waals surface area contributed by atoms with Gasteiger partial charge in [-0.05, 0) is 19.1 Å². The molecule has 0 fully saturated rings. The number of halogens is 7. The molecule has 0 bridgehead atoms. The largest absolute Gasteiger partial charge is 0.465 e. The molecule has 1 unspecified atom stereocenters. The van der Waals surface area contributed by atoms with Gasteiger partial charge in [-0.2, -0.15) is 0 Å². The first-order chi connectivity index (χ1) is 12.9. The average Bonchev–Trinajstić information content (AvgIpc) is 2.59. The Labute approximate surface area is 196 Å². The van der Waals surface area contributed by atoms with Crippen molar-refractivity contribution < 1.29 is 9.53 Å². The summed E-state index contributed by atoms with van der Waals surface area (Å²) in [5.74, 6) is -0.532. The number of aliphatic imine (C=N–C) groups is 2. The molecule has 1 heterocycles. The molecule has 154 valence electrons. The van der Waals surface area contributed by atoms with Gasteiger partial charge in [0, 0.05) is 23.0 Å². The number of esters is 1. The number of benzene rings is 1. The van der Waals surface area contributed by atoms with Crippen LogP contribution in [0.2, 0.25) is 0 Å². The summed E-state index contributed by atoms with van der Waals surface area (Å²) in [6, 6.07) is 6.85. The van der Waals surface area contributed by atoms with Gasteiger partial charge in [-0.1, -0.05) is 81.7 Å². The molecule has 1 N–H and O–H groups in total. The predicted octanol–water partition coefficient (Wildman–Crippen LogP) is 5.34. The molecule has 1 aromatic carbocycles. The number of alkyl halides is 6. The Morgan fingerprint density at radius 2 is 1.86 bits per heavy atom. The number of para-hydroxylation sites is 1. The number of rotatable bonds is 5. The van der Waals surface area contributed by atoms with E-state index in [9.17, 15) is 4.79 Å². The van der Waals surface area contributed by atoms with Gasteiger partial charge in [0.2, 0.25) is 7.59 Å². The monoisotopic (exact) mass is 526 g/mol. The molecule has 1 aromatic rings. The molecule has 28 heavy (non-hydrogen) atoms. The van der Waals surface area contributed by atoms with E-state index in [1.165, 1.54) is 0 Å². The molecule has 1 aliphatic rings. The highest BCUT2D eigenvalue weighted by molar-refractivity contribution is 6.77. The molecule has 0 aliphatic carbocycles. The van der Waals surface area contributed by atoms with E-state index in [0.717, 1.165) is 4.42 Å². The lowest BCUT2D eigenvalue weighted by molar-refractivity contribution is -0.140. The normalized spacial score (nSPS) is 17.7. The van der Waals surface area contributed by atoms with Crippen molar-refractivity contribution in [2.45, 2.75) is 20.7 Å². The Bertz CT molecular complexity index is 789. The fourth-order valence-electron chi connectivity index (χ4n) is 2.18. The van der Waals surface area contributed by atoms with E-state index >= 15 is 0 Å². The van der Waals surface area contributed by atoms with Crippen molar-refractivity contribution in [1.82, 2.24) is 4.42 Å². The fraction of sp³-hybridized carbons (Fsp3) is 0.400. The zero-order chi connectivity index (χ0) is 21.1. The Hall–Kier alpha value is -0.340. The van der Waals surface area contributed by atoms with Crippen LogP contribution in [-0.4, -0.2) is 49.0 Å². The van der Waals surface area contributed by atoms with Crippen LogP contribution in [0.5, 0.6) is 0 Å². The SMILES string of the molecule is CCOC(=O)CNc1ccccc1C1=NC(C(Cl)(Cl)Cl)=NC(C(Cl)(Cl)Cl)N1Cl. The van der Waals surface area contributed by atoms with E-state index in [0.29, 0.717) is 11.3 Å². The Morgan fingerprint density at radius 1 is 1.21 bits per heavy atom. The standard InChI is InChI=1S/C15H13Cl7N4O2/c1-2-28-10(27)7-23-9-6-4-3-5-8(9)11-24-12(14(16,17)18)25-13(26(11)22)15(19,20)21/h3-6,13,23H,2,7H2,1H3. The van der Waals surface area contributed by atoms with Crippen LogP contribution in [0, 0.1) is 0 Å². The van der Waals surface area contributed by atoms with Gasteiger partial charge in [-0.3, -0.25) is 4.79 Å². The molecule has 1 aliphatic heterocycles. The molecule has 0 aromatic heterocycles. The number of amidine groups is 2. The number of carbonyl (C=O) groups is 1. The van der Waals surface area contributed by atoms with Crippen molar-refractivity contribution in [3.05, 3.63) is 29.8 Å². The summed E-state index contributed by atoms with van der Waals surface area (Å²) in [6.45, 7) is 1.89. The molecule has 2 rings (SSSR count). The quantitative estimate of drug-likeness (QED) is 0.318. The Balaban J connectivity index is 2.46. The maximum atomic E-state index is 11.7. The Morgan fingerprint density at radius 3 is 2.43 bits per heavy atom. The molecular weight excluding hydrogens is 516 g/mol. The Kier molecular flexibility index (Phi) is 8.25. The highest BCUT2D eigenvalue weighted by Gasteiger charge is 2.44. The summed E-state index contributed by atoms with van der Waals surface area (Å²) >= 11 is 42.1. The van der Waals surface area contributed by atoms with Crippen LogP contribution in [-0.2, 0) is 9.53 Å². The molecule has 13 heteroatoms. The lowest BCUT2D eigenvalue weighted by atomic mass is 10.1. The number of ether oxygens (including phenoxy) is 1. The summed E-state index contributed by atoms with van der Waals surface area (Å²) in [6.07, 6.45) is -1.23. The van der Waals surface area contributed by atoms with Gasteiger partial charge >= 0.3 is 5.97 Å². The predicted molar refractivity (Wildman–Crippen MR) is 118 cm³/mol. The topological polar surface area (TPSA) is 66.3 Å². The average molecular weight is 529 g/mol. The molecule has 0 spiro atoms. The molecule has 0 amide bonds. The van der Waals surface area contributed by atoms with Crippen molar-refractivity contribution >= 4 is 105 Å². The van der Waals surface area contributed by atoms with Crippen molar-refractivity contribution in [1.29, 1.82) is 0 Å². The summed E-state index contributed by atoms with van der Waals surface area (Å²) in [5, 5.41) is 2.94. The van der Waals surface area contributed by atoms with Crippen molar-refractivity contribution in [2.24, 2.45) is 9.98 Å². The summed E-state index contributed by atoms with van der Waals surface area (Å²) < 4.78 is 2.00. The molecule has 1 atom stereocenters. The second-order valence-electron chi connectivity index (χ2n) is 5.32. The van der Waals surface area contributed by atoms with Gasteiger partial charge < -0.3 is 10.1 Å². The van der Waals surface area contributed by atoms with Gasteiger partial charge in [-0.15, -0.1) is 0 Å². The molecule has 0 saturated carbocycles. The maximum Gasteiger partial charge on any atom is 0.325 e. The summed E-state index contributed by atoms with van der Waals surface area (Å²) in [5.41, 5.74) is 0.969. The van der Waals surface area contributed by atoms with Crippen LogP contribution in [0.3, 0.4) is 0 Å². The molecule has 0 saturated heterocycles. The second-order valence-corrected chi connectivity index (χ2v) is 10.3. The van der Waals surface area contributed by atoms with E-state index in [1.54, 1.807) is 31.2 Å². The number of anilines is 1. The minimum atomic E-state index is -1.98. The van der Waals surface area contributed by atoms with Crippen LogP contribution < -0.4 is 5.32 Å². The number of hydrogen-bond donors (Lipinski definition) is 1. The molecular formula is C15H13Cl7N4O2. The van der Waals surface area contributed by atoms with Gasteiger partial charge in [0.15, 0.2) is 17.8 Å². The number of nitrogens with one attached hydrogen (secondary N) is 1. The van der Waals surface area contributed by atoms with Crippen LogP contribution in [0.4, 0.5) is 5.69 Å². The van der Waals surface area contributed by atoms with Crippen LogP contribution in [0.15, 0.2) is 34.3 Å². The number of hydrogen-bond acceptors (Lipinski definition) is 6. The first-order valence-electron chi connectivity index (χ1n) is 7.69. The van der Waals surface area contributed by atoms with Crippen LogP contribution in [0.25, 0.3) is 0 Å². The minimum Gasteiger partial charge on any atom is -0.465 e. The van der Waals surface area contributed by atoms with Crippen LogP contribution in [0.1, 0.15) is 12.5 Å². The highest BCUT2D eigenvalue weighted by Crippen LogP contribution is 2.40. The highest BCUT2D eigenvalue weighted by atomic mass is 35.6. The second kappa shape index (κ2) is 9.65. The van der Waals surface area contributed by atoms with Gasteiger partial charge in [0.05, 0.1) is 6.61 Å². The lowest BCUT2D eigenvalue weighted by Gasteiger charge is -2.34. The first kappa shape index (κ1) is 23.9. The lowest BCUT2D eigenvalue weighted by Crippen LogP contribution is -2.46. The maximum absolute atomic E-state index is 11.7. The van der Waals surface area contributed by atoms with Gasteiger partial charge in [0.1, 0.15) is 6.54 Å². The van der Waals surface area contributed by atoms with Crippen molar-refractivity contribution in [3.63, 3.8) is 0 Å². The van der Waals surface area contributed by atoms with E-state index in [1.807, 2.05) is 0 Å². The number of nitrogens with zero attached hydrogens (tertiary/aromatic N) is 3. The number of carbonyl (C=O) groups excluding carboxylic acids is 1. The summed E-state index contributed by atoms with van der Waals surface area (Å²) in [4.78, 5) is 19.9. The van der Waals surface area contributed by atoms with Crippen LogP contribution >= 0.6 is 81.4 Å². The van der Waals surface area contributed by atoms with E-state index < -0.39 is 19.7 Å². The zero-order valence-electron chi connectivity index (χ0n) is 14.1. The van der Waals surface area contributed by atoms with Gasteiger partial charge in [0.25, 0.3) is 0 Å². The molecule has 6 nitrogen and oxygen atoms in total. The van der Waals surface area contributed by atoms with E-state index in [4.69, 9.17) is 86.1 Å². The minimum absolute atomic E-state index is 0.0836. The third-order valence-corrected chi connectivity index (χ3v) is 4.75. The zero-order valence-corrected chi connectivity index (χ0v) is 19.4. The fourth-order valence-corrected chi connectivity index (χ4v) is 3.37. The van der Waals surface area contributed by atoms with E-state index in [2.05, 4.69) is 15.3 Å². The smallest absolute Gasteiger partial charge is 0.325 e. The summed E-state index contributed by atoms with van der Waals surface area (Å²) in [7, 11) is 0. The molecule has 0 radical (unpaired) electrons. The van der Waals surface area contributed by atoms with Crippen molar-refractivity contribution in [3.8, 4) is 0 Å². The van der Waals surface area contributed by atoms with Crippen molar-refractivity contribution in [2.75, 3.05) is 18.5 Å². The third kappa shape index (κ3) is 6.08. The third-order valence-electron chi connectivity index (χ3n) is 3.32. The van der Waals surface area contributed by atoms with Gasteiger partial charge in [-0.25, -0.2) is 14.4 Å².